The van der Waals surface area contributed by atoms with Gasteiger partial charge in [0.15, 0.2) is 0 Å². The Balaban J connectivity index is 2.17. The zero-order chi connectivity index (χ0) is 19.6. The lowest BCUT2D eigenvalue weighted by atomic mass is 10.1. The van der Waals surface area contributed by atoms with Crippen LogP contribution in [0.1, 0.15) is 25.3 Å². The lowest BCUT2D eigenvalue weighted by Gasteiger charge is -2.31. The molecule has 0 saturated heterocycles. The second kappa shape index (κ2) is 11.2. The highest BCUT2D eigenvalue weighted by Gasteiger charge is 2.30. The van der Waals surface area contributed by atoms with Gasteiger partial charge in [-0.15, -0.1) is 0 Å². The highest BCUT2D eigenvalue weighted by Crippen LogP contribution is 2.21. The van der Waals surface area contributed by atoms with E-state index >= 15 is 0 Å². The van der Waals surface area contributed by atoms with Crippen LogP contribution in [0.5, 0.6) is 5.75 Å². The number of nitrogens with zero attached hydrogens (tertiary/aromatic N) is 1. The summed E-state index contributed by atoms with van der Waals surface area (Å²) in [5, 5.41) is 20.8. The van der Waals surface area contributed by atoms with Crippen molar-refractivity contribution in [2.24, 2.45) is 0 Å². The molecule has 0 spiro atoms. The molecule has 27 heavy (non-hydrogen) atoms. The third-order valence-corrected chi connectivity index (χ3v) is 4.77. The van der Waals surface area contributed by atoms with E-state index in [2.05, 4.69) is 0 Å². The van der Waals surface area contributed by atoms with E-state index in [1.807, 2.05) is 31.2 Å². The second-order valence-electron chi connectivity index (χ2n) is 6.68. The maximum absolute atomic E-state index is 12.5. The summed E-state index contributed by atoms with van der Waals surface area (Å²) in [6.45, 7) is 2.97. The van der Waals surface area contributed by atoms with Gasteiger partial charge in [0.05, 0.1) is 0 Å². The Bertz CT molecular complexity index is 581. The number of methoxy groups -OCH3 is 1. The number of aliphatic hydroxyl groups is 2. The molecule has 7 heteroatoms. The number of amides is 1. The number of aryl methyl sites for hydroxylation is 1. The van der Waals surface area contributed by atoms with Crippen LogP contribution in [-0.2, 0) is 20.7 Å². The summed E-state index contributed by atoms with van der Waals surface area (Å²) in [5.74, 6) is 0.563. The summed E-state index contributed by atoms with van der Waals surface area (Å²) in [5.41, 5.74) is 1.05. The van der Waals surface area contributed by atoms with E-state index in [1.165, 1.54) is 7.11 Å². The van der Waals surface area contributed by atoms with Gasteiger partial charge >= 0.3 is 0 Å². The average Bonchev–Trinajstić information content (AvgIpc) is 2.70. The summed E-state index contributed by atoms with van der Waals surface area (Å²) < 4.78 is 16.3. The van der Waals surface area contributed by atoms with Crippen LogP contribution >= 0.6 is 0 Å². The van der Waals surface area contributed by atoms with Gasteiger partial charge in [0.1, 0.15) is 37.3 Å². The molecule has 0 unspecified atom stereocenters. The molecule has 0 fully saturated rings. The van der Waals surface area contributed by atoms with Gasteiger partial charge in [-0.05, 0) is 37.8 Å². The number of benzene rings is 1. The number of carbonyl (C=O) groups excluding carboxylic acids is 1. The second-order valence-corrected chi connectivity index (χ2v) is 6.68. The lowest BCUT2D eigenvalue weighted by molar-refractivity contribution is -0.141. The van der Waals surface area contributed by atoms with Crippen molar-refractivity contribution in [3.8, 4) is 5.75 Å². The summed E-state index contributed by atoms with van der Waals surface area (Å²) in [6.07, 6.45) is -0.512. The molecule has 1 aliphatic rings. The maximum atomic E-state index is 12.5. The Morgan fingerprint density at radius 3 is 2.81 bits per heavy atom. The molecule has 0 radical (unpaired) electrons. The molecule has 0 bridgehead atoms. The molecule has 1 aromatic carbocycles. The molecule has 0 saturated carbocycles. The van der Waals surface area contributed by atoms with Crippen LogP contribution in [0.2, 0.25) is 0 Å². The van der Waals surface area contributed by atoms with Crippen LogP contribution in [0.3, 0.4) is 0 Å². The van der Waals surface area contributed by atoms with Crippen molar-refractivity contribution >= 4 is 5.91 Å². The van der Waals surface area contributed by atoms with Crippen LogP contribution in [0, 0.1) is 0 Å². The summed E-state index contributed by atoms with van der Waals surface area (Å²) >= 11 is 0. The van der Waals surface area contributed by atoms with Gasteiger partial charge in [-0.1, -0.05) is 18.2 Å². The zero-order valence-corrected chi connectivity index (χ0v) is 16.2. The van der Waals surface area contributed by atoms with Crippen molar-refractivity contribution < 1.29 is 29.2 Å². The molecular weight excluding hydrogens is 350 g/mol. The number of ether oxygens (including phenoxy) is 3. The minimum atomic E-state index is -1.18. The topological polar surface area (TPSA) is 88.5 Å². The quantitative estimate of drug-likeness (QED) is 0.809. The number of para-hydroxylation sites is 1. The van der Waals surface area contributed by atoms with Crippen molar-refractivity contribution in [2.75, 3.05) is 40.0 Å². The van der Waals surface area contributed by atoms with Gasteiger partial charge in [-0.2, -0.15) is 0 Å². The molecule has 0 aromatic heterocycles. The fourth-order valence-electron chi connectivity index (χ4n) is 3.13. The first-order chi connectivity index (χ1) is 13.1. The van der Waals surface area contributed by atoms with Gasteiger partial charge in [0, 0.05) is 26.8 Å². The Morgan fingerprint density at radius 1 is 1.30 bits per heavy atom. The van der Waals surface area contributed by atoms with Gasteiger partial charge in [-0.25, -0.2) is 0 Å². The van der Waals surface area contributed by atoms with E-state index in [0.717, 1.165) is 24.8 Å². The SMILES string of the molecule is CCOCC(=O)N1CCCCc2ccccc2OC[C@@H](O)[C@@H](O)[C@@H](OC)C1. The number of aliphatic hydroxyl groups excluding tert-OH is 2. The van der Waals surface area contributed by atoms with E-state index in [-0.39, 0.29) is 25.7 Å². The largest absolute Gasteiger partial charge is 0.491 e. The smallest absolute Gasteiger partial charge is 0.248 e. The fourth-order valence-corrected chi connectivity index (χ4v) is 3.13. The Kier molecular flexibility index (Phi) is 9.00. The Morgan fingerprint density at radius 2 is 2.07 bits per heavy atom. The number of rotatable bonds is 4. The van der Waals surface area contributed by atoms with Crippen molar-refractivity contribution in [3.05, 3.63) is 29.8 Å². The first-order valence-electron chi connectivity index (χ1n) is 9.52. The first-order valence-corrected chi connectivity index (χ1v) is 9.52. The zero-order valence-electron chi connectivity index (χ0n) is 16.2. The van der Waals surface area contributed by atoms with E-state index in [4.69, 9.17) is 14.2 Å². The number of carbonyl (C=O) groups is 1. The van der Waals surface area contributed by atoms with Crippen molar-refractivity contribution in [3.63, 3.8) is 0 Å². The van der Waals surface area contributed by atoms with Gasteiger partial charge in [0.2, 0.25) is 5.91 Å². The van der Waals surface area contributed by atoms with Crippen molar-refractivity contribution in [1.82, 2.24) is 4.90 Å². The fraction of sp³-hybridized carbons (Fsp3) is 0.650. The molecule has 2 N–H and O–H groups in total. The molecule has 1 aliphatic heterocycles. The number of hydrogen-bond acceptors (Lipinski definition) is 6. The number of hydrogen-bond donors (Lipinski definition) is 2. The van der Waals surface area contributed by atoms with Gasteiger partial charge < -0.3 is 29.3 Å². The molecule has 0 aliphatic carbocycles. The molecule has 1 heterocycles. The molecular formula is C20H31NO6. The third kappa shape index (κ3) is 6.46. The van der Waals surface area contributed by atoms with Crippen LogP contribution in [0.15, 0.2) is 24.3 Å². The van der Waals surface area contributed by atoms with E-state index < -0.39 is 18.3 Å². The first kappa shape index (κ1) is 21.6. The summed E-state index contributed by atoms with van der Waals surface area (Å²) in [7, 11) is 1.46. The minimum Gasteiger partial charge on any atom is -0.491 e. The normalized spacial score (nSPS) is 24.7. The Hall–Kier alpha value is -1.67. The molecule has 7 nitrogen and oxygen atoms in total. The van der Waals surface area contributed by atoms with E-state index in [9.17, 15) is 15.0 Å². The molecule has 1 amide bonds. The molecule has 152 valence electrons. The highest BCUT2D eigenvalue weighted by molar-refractivity contribution is 5.77. The lowest BCUT2D eigenvalue weighted by Crippen LogP contribution is -2.49. The minimum absolute atomic E-state index is 0.00245. The van der Waals surface area contributed by atoms with Crippen molar-refractivity contribution in [1.29, 1.82) is 0 Å². The monoisotopic (exact) mass is 381 g/mol. The van der Waals surface area contributed by atoms with Crippen LogP contribution in [0.4, 0.5) is 0 Å². The summed E-state index contributed by atoms with van der Waals surface area (Å²) in [6, 6.07) is 7.68. The van der Waals surface area contributed by atoms with Crippen LogP contribution < -0.4 is 4.74 Å². The standard InChI is InChI=1S/C20H31NO6/c1-3-26-14-19(23)21-11-7-6-9-15-8-4-5-10-17(15)27-13-16(22)20(24)18(12-21)25-2/h4-5,8,10,16,18,20,22,24H,3,6-7,9,11-14H2,1-2H3/t16-,18+,20-/m1/s1. The van der Waals surface area contributed by atoms with Gasteiger partial charge in [-0.3, -0.25) is 4.79 Å². The van der Waals surface area contributed by atoms with Gasteiger partial charge in [0.25, 0.3) is 0 Å². The Labute approximate surface area is 160 Å². The van der Waals surface area contributed by atoms with E-state index in [0.29, 0.717) is 18.9 Å². The summed E-state index contributed by atoms with van der Waals surface area (Å²) in [4.78, 5) is 14.1. The average molecular weight is 381 g/mol. The predicted octanol–water partition coefficient (Wildman–Crippen LogP) is 1.00. The molecule has 2 rings (SSSR count). The molecule has 1 aromatic rings. The highest BCUT2D eigenvalue weighted by atomic mass is 16.5. The predicted molar refractivity (Wildman–Crippen MR) is 101 cm³/mol. The third-order valence-electron chi connectivity index (χ3n) is 4.77. The maximum Gasteiger partial charge on any atom is 0.248 e. The van der Waals surface area contributed by atoms with Crippen LogP contribution in [0.25, 0.3) is 0 Å². The van der Waals surface area contributed by atoms with E-state index in [1.54, 1.807) is 4.90 Å². The van der Waals surface area contributed by atoms with Crippen molar-refractivity contribution in [2.45, 2.75) is 44.5 Å². The number of fused-ring (bicyclic) bond motifs is 1. The van der Waals surface area contributed by atoms with Crippen LogP contribution in [-0.4, -0.2) is 79.4 Å². The molecule has 3 atom stereocenters.